The monoisotopic (exact) mass is 468 g/mol. The number of benzene rings is 3. The van der Waals surface area contributed by atoms with Crippen LogP contribution in [-0.4, -0.2) is 27.5 Å². The van der Waals surface area contributed by atoms with Gasteiger partial charge in [0.15, 0.2) is 6.61 Å². The molecule has 8 heteroatoms. The molecule has 0 spiro atoms. The fourth-order valence-electron chi connectivity index (χ4n) is 3.28. The van der Waals surface area contributed by atoms with E-state index in [1.165, 1.54) is 12.1 Å². The van der Waals surface area contributed by atoms with Crippen molar-refractivity contribution >= 4 is 27.3 Å². The van der Waals surface area contributed by atoms with E-state index in [1.54, 1.807) is 37.3 Å². The molecule has 174 valence electrons. The van der Waals surface area contributed by atoms with Crippen LogP contribution in [0.4, 0.5) is 11.4 Å². The highest BCUT2D eigenvalue weighted by Gasteiger charge is 2.16. The second kappa shape index (κ2) is 10.4. The van der Waals surface area contributed by atoms with Gasteiger partial charge in [0.25, 0.3) is 15.9 Å². The lowest BCUT2D eigenvalue weighted by Crippen LogP contribution is -2.21. The van der Waals surface area contributed by atoms with Crippen LogP contribution >= 0.6 is 0 Å². The summed E-state index contributed by atoms with van der Waals surface area (Å²) in [7, 11) is -3.78. The molecule has 0 aromatic heterocycles. The van der Waals surface area contributed by atoms with Gasteiger partial charge in [-0.2, -0.15) is 0 Å². The van der Waals surface area contributed by atoms with E-state index >= 15 is 0 Å². The summed E-state index contributed by atoms with van der Waals surface area (Å²) in [5, 5.41) is 2.86. The number of ether oxygens (including phenoxy) is 2. The largest absolute Gasteiger partial charge is 0.494 e. The zero-order valence-corrected chi connectivity index (χ0v) is 20.0. The van der Waals surface area contributed by atoms with Crippen LogP contribution < -0.4 is 19.5 Å². The third kappa shape index (κ3) is 6.26. The number of nitrogens with one attached hydrogen (secondary N) is 2. The second-order valence-corrected chi connectivity index (χ2v) is 9.28. The van der Waals surface area contributed by atoms with E-state index in [1.807, 2.05) is 39.0 Å². The lowest BCUT2D eigenvalue weighted by molar-refractivity contribution is -0.118. The van der Waals surface area contributed by atoms with Crippen molar-refractivity contribution in [1.29, 1.82) is 0 Å². The number of carbonyl (C=O) groups is 1. The van der Waals surface area contributed by atoms with E-state index < -0.39 is 10.0 Å². The van der Waals surface area contributed by atoms with Gasteiger partial charge in [-0.25, -0.2) is 8.42 Å². The van der Waals surface area contributed by atoms with Crippen LogP contribution in [0.25, 0.3) is 0 Å². The summed E-state index contributed by atoms with van der Waals surface area (Å²) < 4.78 is 39.1. The first-order valence-electron chi connectivity index (χ1n) is 10.5. The molecule has 33 heavy (non-hydrogen) atoms. The Morgan fingerprint density at radius 1 is 0.879 bits per heavy atom. The van der Waals surface area contributed by atoms with Crippen molar-refractivity contribution in [3.63, 3.8) is 0 Å². The maximum absolute atomic E-state index is 12.8. The lowest BCUT2D eigenvalue weighted by atomic mass is 10.1. The summed E-state index contributed by atoms with van der Waals surface area (Å²) in [4.78, 5) is 12.4. The molecule has 0 radical (unpaired) electrons. The Kier molecular flexibility index (Phi) is 7.60. The molecule has 0 aliphatic heterocycles. The number of anilines is 2. The maximum atomic E-state index is 12.8. The van der Waals surface area contributed by atoms with Crippen LogP contribution in [0.3, 0.4) is 0 Å². The third-order valence-electron chi connectivity index (χ3n) is 4.98. The predicted octanol–water partition coefficient (Wildman–Crippen LogP) is 4.83. The van der Waals surface area contributed by atoms with Crippen molar-refractivity contribution in [2.24, 2.45) is 0 Å². The van der Waals surface area contributed by atoms with Crippen LogP contribution in [0.1, 0.15) is 23.6 Å². The molecule has 0 aliphatic carbocycles. The third-order valence-corrected chi connectivity index (χ3v) is 6.36. The molecule has 3 rings (SSSR count). The highest BCUT2D eigenvalue weighted by molar-refractivity contribution is 7.92. The summed E-state index contributed by atoms with van der Waals surface area (Å²) in [5.74, 6) is 0.812. The average Bonchev–Trinajstić information content (AvgIpc) is 2.77. The van der Waals surface area contributed by atoms with Gasteiger partial charge < -0.3 is 14.8 Å². The molecule has 0 heterocycles. The van der Waals surface area contributed by atoms with E-state index in [4.69, 9.17) is 9.47 Å². The van der Waals surface area contributed by atoms with Gasteiger partial charge in [0.05, 0.1) is 11.5 Å². The fourth-order valence-corrected chi connectivity index (χ4v) is 4.42. The minimum atomic E-state index is -3.78. The summed E-state index contributed by atoms with van der Waals surface area (Å²) in [6.45, 7) is 7.80. The number of para-hydroxylation sites is 1. The zero-order chi connectivity index (χ0) is 24.0. The highest BCUT2D eigenvalue weighted by Crippen LogP contribution is 2.25. The molecule has 3 aromatic carbocycles. The first-order chi connectivity index (χ1) is 15.7. The number of rotatable bonds is 9. The Hall–Kier alpha value is -3.52. The Labute approximate surface area is 194 Å². The van der Waals surface area contributed by atoms with Crippen LogP contribution in [0.5, 0.6) is 11.5 Å². The van der Waals surface area contributed by atoms with Gasteiger partial charge in [0.2, 0.25) is 0 Å². The number of sulfonamides is 1. The minimum Gasteiger partial charge on any atom is -0.494 e. The number of aryl methyl sites for hydroxylation is 3. The van der Waals surface area contributed by atoms with Crippen LogP contribution in [0.2, 0.25) is 0 Å². The van der Waals surface area contributed by atoms with E-state index in [2.05, 4.69) is 10.0 Å². The van der Waals surface area contributed by atoms with Crippen molar-refractivity contribution in [3.05, 3.63) is 77.4 Å². The molecule has 7 nitrogen and oxygen atoms in total. The van der Waals surface area contributed by atoms with Gasteiger partial charge in [-0.1, -0.05) is 18.2 Å². The maximum Gasteiger partial charge on any atom is 0.262 e. The lowest BCUT2D eigenvalue weighted by Gasteiger charge is -2.14. The Balaban J connectivity index is 1.64. The average molecular weight is 469 g/mol. The first-order valence-corrected chi connectivity index (χ1v) is 12.0. The Morgan fingerprint density at radius 2 is 1.55 bits per heavy atom. The minimum absolute atomic E-state index is 0.0984. The van der Waals surface area contributed by atoms with Gasteiger partial charge in [0.1, 0.15) is 11.5 Å². The molecule has 0 fully saturated rings. The van der Waals surface area contributed by atoms with Gasteiger partial charge in [-0.3, -0.25) is 9.52 Å². The molecular formula is C25H28N2O5S. The number of hydrogen-bond acceptors (Lipinski definition) is 5. The summed E-state index contributed by atoms with van der Waals surface area (Å²) in [5.41, 5.74) is 3.73. The fraction of sp³-hybridized carbons (Fsp3) is 0.240. The van der Waals surface area contributed by atoms with Crippen molar-refractivity contribution in [1.82, 2.24) is 0 Å². The molecule has 2 N–H and O–H groups in total. The highest BCUT2D eigenvalue weighted by atomic mass is 32.2. The molecule has 0 saturated heterocycles. The number of amides is 1. The summed E-state index contributed by atoms with van der Waals surface area (Å²) >= 11 is 0. The predicted molar refractivity (Wildman–Crippen MR) is 130 cm³/mol. The summed E-state index contributed by atoms with van der Waals surface area (Å²) in [6, 6.07) is 17.0. The van der Waals surface area contributed by atoms with Crippen molar-refractivity contribution in [3.8, 4) is 11.5 Å². The van der Waals surface area contributed by atoms with Gasteiger partial charge in [-0.15, -0.1) is 0 Å². The quantitative estimate of drug-likeness (QED) is 0.469. The van der Waals surface area contributed by atoms with Crippen molar-refractivity contribution in [2.45, 2.75) is 32.6 Å². The zero-order valence-electron chi connectivity index (χ0n) is 19.1. The second-order valence-electron chi connectivity index (χ2n) is 7.59. The van der Waals surface area contributed by atoms with Crippen LogP contribution in [0, 0.1) is 20.8 Å². The number of carbonyl (C=O) groups excluding carboxylic acids is 1. The van der Waals surface area contributed by atoms with Crippen LogP contribution in [0.15, 0.2) is 65.6 Å². The van der Waals surface area contributed by atoms with E-state index in [0.717, 1.165) is 16.8 Å². The Morgan fingerprint density at radius 3 is 2.15 bits per heavy atom. The molecule has 0 bridgehead atoms. The van der Waals surface area contributed by atoms with E-state index in [0.29, 0.717) is 29.4 Å². The number of hydrogen-bond donors (Lipinski definition) is 2. The van der Waals surface area contributed by atoms with Gasteiger partial charge >= 0.3 is 0 Å². The van der Waals surface area contributed by atoms with Crippen molar-refractivity contribution in [2.75, 3.05) is 23.3 Å². The first kappa shape index (κ1) is 24.1. The molecule has 0 saturated carbocycles. The van der Waals surface area contributed by atoms with Gasteiger partial charge in [0, 0.05) is 11.4 Å². The molecule has 0 aliphatic rings. The molecule has 3 aromatic rings. The van der Waals surface area contributed by atoms with Crippen LogP contribution in [-0.2, 0) is 14.8 Å². The van der Waals surface area contributed by atoms with Crippen molar-refractivity contribution < 1.29 is 22.7 Å². The molecular weight excluding hydrogens is 440 g/mol. The standard InChI is InChI=1S/C25H28N2O5S/c1-5-31-21-11-9-20(10-12-21)27-33(29,30)22-13-14-23(19(4)15-22)32-16-24(28)26-25-17(2)7-6-8-18(25)3/h6-15,27H,5,16H2,1-4H3,(H,26,28). The topological polar surface area (TPSA) is 93.7 Å². The summed E-state index contributed by atoms with van der Waals surface area (Å²) in [6.07, 6.45) is 0. The Bertz CT molecular complexity index is 1220. The molecule has 0 unspecified atom stereocenters. The molecule has 0 atom stereocenters. The van der Waals surface area contributed by atoms with E-state index in [-0.39, 0.29) is 17.4 Å². The van der Waals surface area contributed by atoms with Gasteiger partial charge in [-0.05, 0) is 86.8 Å². The SMILES string of the molecule is CCOc1ccc(NS(=O)(=O)c2ccc(OCC(=O)Nc3c(C)cccc3C)c(C)c2)cc1. The molecule has 1 amide bonds. The normalized spacial score (nSPS) is 11.0. The smallest absolute Gasteiger partial charge is 0.262 e. The van der Waals surface area contributed by atoms with E-state index in [9.17, 15) is 13.2 Å².